The Labute approximate surface area is 123 Å². The molecule has 2 N–H and O–H groups in total. The molecule has 21 heavy (non-hydrogen) atoms. The lowest BCUT2D eigenvalue weighted by Gasteiger charge is -2.07. The zero-order chi connectivity index (χ0) is 14.9. The number of para-hydroxylation sites is 2. The molecule has 0 aliphatic carbocycles. The Kier molecular flexibility index (Phi) is 5.41. The van der Waals surface area contributed by atoms with Gasteiger partial charge in [-0.15, -0.1) is 0 Å². The third-order valence-electron chi connectivity index (χ3n) is 2.76. The summed E-state index contributed by atoms with van der Waals surface area (Å²) in [5, 5.41) is 12.1. The summed E-state index contributed by atoms with van der Waals surface area (Å²) >= 11 is 0. The van der Waals surface area contributed by atoms with Crippen molar-refractivity contribution in [2.24, 2.45) is 0 Å². The van der Waals surface area contributed by atoms with Gasteiger partial charge < -0.3 is 15.2 Å². The summed E-state index contributed by atoms with van der Waals surface area (Å²) in [7, 11) is 0. The van der Waals surface area contributed by atoms with Gasteiger partial charge >= 0.3 is 5.97 Å². The fourth-order valence-corrected chi connectivity index (χ4v) is 1.77. The molecule has 0 heterocycles. The fraction of sp³-hybridized carbons (Fsp3) is 0.118. The van der Waals surface area contributed by atoms with Crippen LogP contribution in [0.2, 0.25) is 0 Å². The van der Waals surface area contributed by atoms with Crippen LogP contribution in [0.5, 0.6) is 5.75 Å². The van der Waals surface area contributed by atoms with E-state index in [9.17, 15) is 9.90 Å². The summed E-state index contributed by atoms with van der Waals surface area (Å²) in [5.41, 5.74) is 0.896. The molecular weight excluding hydrogens is 266 g/mol. The van der Waals surface area contributed by atoms with Crippen molar-refractivity contribution in [2.75, 3.05) is 11.9 Å². The Hall–Kier alpha value is -2.75. The first kappa shape index (κ1) is 14.7. The van der Waals surface area contributed by atoms with Gasteiger partial charge in [0.15, 0.2) is 0 Å². The van der Waals surface area contributed by atoms with Crippen molar-refractivity contribution in [3.05, 3.63) is 72.4 Å². The molecule has 0 aliphatic heterocycles. The maximum Gasteiger partial charge on any atom is 0.351 e. The first-order chi connectivity index (χ1) is 10.3. The third-order valence-corrected chi connectivity index (χ3v) is 2.76. The molecule has 2 aromatic rings. The molecule has 0 aromatic heterocycles. The van der Waals surface area contributed by atoms with Crippen LogP contribution in [-0.2, 0) is 4.79 Å². The van der Waals surface area contributed by atoms with E-state index in [0.29, 0.717) is 13.0 Å². The average Bonchev–Trinajstić information content (AvgIpc) is 2.52. The molecular formula is C17H17NO3. The number of benzene rings is 2. The van der Waals surface area contributed by atoms with E-state index in [4.69, 9.17) is 4.74 Å². The van der Waals surface area contributed by atoms with E-state index < -0.39 is 5.97 Å². The van der Waals surface area contributed by atoms with Crippen molar-refractivity contribution in [1.82, 2.24) is 0 Å². The number of carboxylic acids is 1. The average molecular weight is 283 g/mol. The topological polar surface area (TPSA) is 58.6 Å². The lowest BCUT2D eigenvalue weighted by atomic mass is 10.2. The molecule has 0 aliphatic rings. The summed E-state index contributed by atoms with van der Waals surface area (Å²) in [5.74, 6) is -0.211. The first-order valence-corrected chi connectivity index (χ1v) is 6.69. The predicted octanol–water partition coefficient (Wildman–Crippen LogP) is 3.54. The number of nitrogens with one attached hydrogen (secondary N) is 1. The van der Waals surface area contributed by atoms with E-state index in [1.54, 1.807) is 6.08 Å². The third kappa shape index (κ3) is 5.03. The van der Waals surface area contributed by atoms with Crippen LogP contribution in [0, 0.1) is 0 Å². The lowest BCUT2D eigenvalue weighted by Crippen LogP contribution is -2.11. The molecule has 0 atom stereocenters. The largest absolute Gasteiger partial charge is 0.493 e. The molecule has 0 spiro atoms. The number of anilines is 1. The summed E-state index contributed by atoms with van der Waals surface area (Å²) < 4.78 is 5.52. The van der Waals surface area contributed by atoms with Gasteiger partial charge in [-0.3, -0.25) is 0 Å². The van der Waals surface area contributed by atoms with Crippen molar-refractivity contribution >= 4 is 11.7 Å². The highest BCUT2D eigenvalue weighted by atomic mass is 16.5. The van der Waals surface area contributed by atoms with E-state index in [-0.39, 0.29) is 5.70 Å². The van der Waals surface area contributed by atoms with Crippen LogP contribution < -0.4 is 10.1 Å². The number of carboxylic acid groups (broad SMARTS) is 1. The molecule has 0 bridgehead atoms. The Morgan fingerprint density at radius 2 is 1.67 bits per heavy atom. The lowest BCUT2D eigenvalue weighted by molar-refractivity contribution is -0.132. The van der Waals surface area contributed by atoms with Gasteiger partial charge in [0.2, 0.25) is 0 Å². The molecule has 0 fully saturated rings. The number of ether oxygens (including phenoxy) is 1. The molecule has 0 saturated heterocycles. The van der Waals surface area contributed by atoms with E-state index in [1.165, 1.54) is 0 Å². The molecule has 2 aromatic carbocycles. The summed E-state index contributed by atoms with van der Waals surface area (Å²) in [6.07, 6.45) is 2.13. The van der Waals surface area contributed by atoms with Crippen LogP contribution in [0.3, 0.4) is 0 Å². The van der Waals surface area contributed by atoms with Gasteiger partial charge in [0.1, 0.15) is 11.4 Å². The maximum atomic E-state index is 11.2. The van der Waals surface area contributed by atoms with Crippen LogP contribution in [0.1, 0.15) is 6.42 Å². The van der Waals surface area contributed by atoms with Crippen LogP contribution >= 0.6 is 0 Å². The van der Waals surface area contributed by atoms with E-state index in [0.717, 1.165) is 11.4 Å². The zero-order valence-corrected chi connectivity index (χ0v) is 11.5. The highest BCUT2D eigenvalue weighted by molar-refractivity contribution is 5.90. The van der Waals surface area contributed by atoms with Gasteiger partial charge in [-0.1, -0.05) is 42.5 Å². The number of carbonyl (C=O) groups is 1. The number of rotatable bonds is 7. The normalized spacial score (nSPS) is 11.0. The standard InChI is InChI=1S/C17H17NO3/c19-17(20)16(18-14-8-3-1-4-9-14)12-7-13-21-15-10-5-2-6-11-15/h1-6,8-12,18H,7,13H2,(H,19,20). The van der Waals surface area contributed by atoms with E-state index in [2.05, 4.69) is 5.32 Å². The van der Waals surface area contributed by atoms with Crippen molar-refractivity contribution < 1.29 is 14.6 Å². The highest BCUT2D eigenvalue weighted by Gasteiger charge is 2.06. The molecule has 0 saturated carbocycles. The summed E-state index contributed by atoms with van der Waals surface area (Å²) in [4.78, 5) is 11.2. The number of aliphatic carboxylic acids is 1. The minimum Gasteiger partial charge on any atom is -0.493 e. The Morgan fingerprint density at radius 3 is 2.29 bits per heavy atom. The summed E-state index contributed by atoms with van der Waals surface area (Å²) in [6.45, 7) is 0.428. The minimum atomic E-state index is -0.987. The van der Waals surface area contributed by atoms with Crippen molar-refractivity contribution in [3.8, 4) is 5.75 Å². The molecule has 0 unspecified atom stereocenters. The van der Waals surface area contributed by atoms with Gasteiger partial charge in [-0.05, 0) is 24.3 Å². The monoisotopic (exact) mass is 283 g/mol. The van der Waals surface area contributed by atoms with Crippen molar-refractivity contribution in [2.45, 2.75) is 6.42 Å². The van der Waals surface area contributed by atoms with E-state index in [1.807, 2.05) is 60.7 Å². The fourth-order valence-electron chi connectivity index (χ4n) is 1.77. The van der Waals surface area contributed by atoms with Crippen molar-refractivity contribution in [1.29, 1.82) is 0 Å². The van der Waals surface area contributed by atoms with Crippen LogP contribution in [0.25, 0.3) is 0 Å². The second-order valence-corrected chi connectivity index (χ2v) is 4.36. The Morgan fingerprint density at radius 1 is 1.05 bits per heavy atom. The Bertz CT molecular complexity index is 594. The molecule has 2 rings (SSSR count). The predicted molar refractivity (Wildman–Crippen MR) is 82.3 cm³/mol. The van der Waals surface area contributed by atoms with Crippen LogP contribution in [0.4, 0.5) is 5.69 Å². The molecule has 4 nitrogen and oxygen atoms in total. The van der Waals surface area contributed by atoms with E-state index >= 15 is 0 Å². The molecule has 108 valence electrons. The summed E-state index contributed by atoms with van der Waals surface area (Å²) in [6, 6.07) is 18.6. The van der Waals surface area contributed by atoms with Crippen LogP contribution in [-0.4, -0.2) is 17.7 Å². The minimum absolute atomic E-state index is 0.151. The molecule has 0 amide bonds. The van der Waals surface area contributed by atoms with Gasteiger partial charge in [0, 0.05) is 12.1 Å². The SMILES string of the molecule is O=C(O)C(=CCCOc1ccccc1)Nc1ccccc1. The second-order valence-electron chi connectivity index (χ2n) is 4.36. The Balaban J connectivity index is 1.88. The molecule has 4 heteroatoms. The van der Waals surface area contributed by atoms with Crippen molar-refractivity contribution in [3.63, 3.8) is 0 Å². The van der Waals surface area contributed by atoms with Gasteiger partial charge in [0.25, 0.3) is 0 Å². The zero-order valence-electron chi connectivity index (χ0n) is 11.5. The number of hydrogen-bond donors (Lipinski definition) is 2. The molecule has 0 radical (unpaired) electrons. The maximum absolute atomic E-state index is 11.2. The van der Waals surface area contributed by atoms with Crippen LogP contribution in [0.15, 0.2) is 72.4 Å². The van der Waals surface area contributed by atoms with Gasteiger partial charge in [0.05, 0.1) is 6.61 Å². The second kappa shape index (κ2) is 7.75. The highest BCUT2D eigenvalue weighted by Crippen LogP contribution is 2.11. The van der Waals surface area contributed by atoms with Gasteiger partial charge in [-0.25, -0.2) is 4.79 Å². The smallest absolute Gasteiger partial charge is 0.351 e. The number of hydrogen-bond acceptors (Lipinski definition) is 3. The first-order valence-electron chi connectivity index (χ1n) is 6.69. The quantitative estimate of drug-likeness (QED) is 0.603. The van der Waals surface area contributed by atoms with Gasteiger partial charge in [-0.2, -0.15) is 0 Å².